The molecule has 0 saturated carbocycles. The molecule has 0 heterocycles. The summed E-state index contributed by atoms with van der Waals surface area (Å²) in [6.07, 6.45) is 2.03. The molecule has 1 aromatic rings. The van der Waals surface area contributed by atoms with Gasteiger partial charge in [-0.1, -0.05) is 36.8 Å². The summed E-state index contributed by atoms with van der Waals surface area (Å²) in [6.45, 7) is 8.40. The summed E-state index contributed by atoms with van der Waals surface area (Å²) in [5.74, 6) is 0. The van der Waals surface area contributed by atoms with Crippen molar-refractivity contribution in [2.75, 3.05) is 12.8 Å². The summed E-state index contributed by atoms with van der Waals surface area (Å²) >= 11 is 0. The molecule has 19 heavy (non-hydrogen) atoms. The average Bonchev–Trinajstić information content (AvgIpc) is 2.30. The molecule has 0 radical (unpaired) electrons. The van der Waals surface area contributed by atoms with E-state index in [1.165, 1.54) is 11.8 Å². The molecular weight excluding hydrogens is 258 g/mol. The fourth-order valence-electron chi connectivity index (χ4n) is 2.03. The van der Waals surface area contributed by atoms with E-state index in [9.17, 15) is 8.42 Å². The lowest BCUT2D eigenvalue weighted by Crippen LogP contribution is -2.52. The summed E-state index contributed by atoms with van der Waals surface area (Å²) < 4.78 is 23.2. The molecule has 1 N–H and O–H groups in total. The maximum absolute atomic E-state index is 12.0. The second-order valence-electron chi connectivity index (χ2n) is 5.68. The third kappa shape index (κ3) is 4.05. The molecule has 0 fully saturated rings. The Morgan fingerprint density at radius 2 is 1.74 bits per heavy atom. The topological polar surface area (TPSA) is 46.2 Å². The SMILES string of the molecule is CCNC(Cc1ccc(C)cc1)C(C)(C)S(C)(=O)=O. The zero-order valence-electron chi connectivity index (χ0n) is 12.5. The molecule has 3 nitrogen and oxygen atoms in total. The summed E-state index contributed by atoms with van der Waals surface area (Å²) in [7, 11) is -3.11. The van der Waals surface area contributed by atoms with Gasteiger partial charge in [0.25, 0.3) is 0 Å². The third-order valence-electron chi connectivity index (χ3n) is 3.81. The van der Waals surface area contributed by atoms with Crippen LogP contribution in [0.5, 0.6) is 0 Å². The van der Waals surface area contributed by atoms with E-state index in [1.807, 2.05) is 13.8 Å². The minimum Gasteiger partial charge on any atom is -0.312 e. The molecule has 0 amide bonds. The maximum atomic E-state index is 12.0. The molecule has 1 unspecified atom stereocenters. The summed E-state index contributed by atoms with van der Waals surface area (Å²) in [4.78, 5) is 0. The first-order valence-corrected chi connectivity index (χ1v) is 8.56. The van der Waals surface area contributed by atoms with E-state index in [4.69, 9.17) is 0 Å². The number of benzene rings is 1. The minimum absolute atomic E-state index is 0.0878. The fourth-order valence-corrected chi connectivity index (χ4v) is 2.71. The van der Waals surface area contributed by atoms with Crippen molar-refractivity contribution in [3.05, 3.63) is 35.4 Å². The summed E-state index contributed by atoms with van der Waals surface area (Å²) in [5.41, 5.74) is 2.37. The molecule has 0 aliphatic rings. The van der Waals surface area contributed by atoms with Crippen LogP contribution in [0.25, 0.3) is 0 Å². The monoisotopic (exact) mass is 283 g/mol. The van der Waals surface area contributed by atoms with Gasteiger partial charge in [-0.15, -0.1) is 0 Å². The number of hydrogen-bond acceptors (Lipinski definition) is 3. The summed E-state index contributed by atoms with van der Waals surface area (Å²) in [5, 5.41) is 3.31. The molecule has 0 spiro atoms. The van der Waals surface area contributed by atoms with E-state index < -0.39 is 14.6 Å². The Kier molecular flexibility index (Phi) is 5.16. The van der Waals surface area contributed by atoms with Crippen molar-refractivity contribution in [2.45, 2.75) is 44.9 Å². The predicted octanol–water partition coefficient (Wildman–Crippen LogP) is 2.34. The van der Waals surface area contributed by atoms with Gasteiger partial charge < -0.3 is 5.32 Å². The Labute approximate surface area is 117 Å². The van der Waals surface area contributed by atoms with Crippen LogP contribution in [-0.2, 0) is 16.3 Å². The van der Waals surface area contributed by atoms with E-state index in [0.29, 0.717) is 6.42 Å². The van der Waals surface area contributed by atoms with Crippen molar-refractivity contribution in [1.29, 1.82) is 0 Å². The van der Waals surface area contributed by atoms with Gasteiger partial charge >= 0.3 is 0 Å². The third-order valence-corrected chi connectivity index (χ3v) is 6.00. The van der Waals surface area contributed by atoms with Crippen molar-refractivity contribution in [3.63, 3.8) is 0 Å². The van der Waals surface area contributed by atoms with Crippen molar-refractivity contribution >= 4 is 9.84 Å². The molecule has 4 heteroatoms. The predicted molar refractivity (Wildman–Crippen MR) is 81.3 cm³/mol. The van der Waals surface area contributed by atoms with Gasteiger partial charge in [0.15, 0.2) is 9.84 Å². The van der Waals surface area contributed by atoms with Crippen LogP contribution in [0.15, 0.2) is 24.3 Å². The fraction of sp³-hybridized carbons (Fsp3) is 0.600. The van der Waals surface area contributed by atoms with Crippen molar-refractivity contribution < 1.29 is 8.42 Å². The number of rotatable bonds is 6. The first kappa shape index (κ1) is 16.2. The van der Waals surface area contributed by atoms with Gasteiger partial charge in [0.1, 0.15) is 0 Å². The largest absolute Gasteiger partial charge is 0.312 e. The molecule has 0 saturated heterocycles. The standard InChI is InChI=1S/C15H25NO2S/c1-6-16-14(15(3,4)19(5,17)18)11-13-9-7-12(2)8-10-13/h7-10,14,16H,6,11H2,1-5H3. The van der Waals surface area contributed by atoms with Crippen LogP contribution < -0.4 is 5.32 Å². The second-order valence-corrected chi connectivity index (χ2v) is 8.27. The van der Waals surface area contributed by atoms with E-state index in [0.717, 1.165) is 12.1 Å². The van der Waals surface area contributed by atoms with E-state index >= 15 is 0 Å². The Morgan fingerprint density at radius 1 is 1.21 bits per heavy atom. The van der Waals surface area contributed by atoms with Crippen molar-refractivity contribution in [3.8, 4) is 0 Å². The van der Waals surface area contributed by atoms with Crippen LogP contribution in [0.2, 0.25) is 0 Å². The van der Waals surface area contributed by atoms with Crippen LogP contribution in [0.3, 0.4) is 0 Å². The van der Waals surface area contributed by atoms with Gasteiger partial charge in [-0.2, -0.15) is 0 Å². The zero-order chi connectivity index (χ0) is 14.7. The molecule has 0 aliphatic heterocycles. The van der Waals surface area contributed by atoms with Gasteiger partial charge in [-0.3, -0.25) is 0 Å². The van der Waals surface area contributed by atoms with Crippen LogP contribution >= 0.6 is 0 Å². The molecule has 0 bridgehead atoms. The van der Waals surface area contributed by atoms with E-state index in [1.54, 1.807) is 13.8 Å². The minimum atomic E-state index is -3.11. The summed E-state index contributed by atoms with van der Waals surface area (Å²) in [6, 6.07) is 8.17. The van der Waals surface area contributed by atoms with Crippen LogP contribution in [0.4, 0.5) is 0 Å². The van der Waals surface area contributed by atoms with E-state index in [2.05, 4.69) is 29.6 Å². The van der Waals surface area contributed by atoms with Gasteiger partial charge in [-0.05, 0) is 39.3 Å². The first-order valence-electron chi connectivity index (χ1n) is 6.67. The number of sulfone groups is 1. The maximum Gasteiger partial charge on any atom is 0.154 e. The molecule has 1 atom stereocenters. The molecule has 0 aliphatic carbocycles. The lowest BCUT2D eigenvalue weighted by Gasteiger charge is -2.33. The normalized spacial score (nSPS) is 14.4. The highest BCUT2D eigenvalue weighted by Crippen LogP contribution is 2.23. The zero-order valence-corrected chi connectivity index (χ0v) is 13.3. The second kappa shape index (κ2) is 6.06. The van der Waals surface area contributed by atoms with Gasteiger partial charge in [-0.25, -0.2) is 8.42 Å². The molecule has 108 valence electrons. The molecule has 1 rings (SSSR count). The number of aryl methyl sites for hydroxylation is 1. The van der Waals surface area contributed by atoms with Crippen molar-refractivity contribution in [1.82, 2.24) is 5.32 Å². The highest BCUT2D eigenvalue weighted by atomic mass is 32.2. The van der Waals surface area contributed by atoms with Crippen LogP contribution in [-0.4, -0.2) is 32.0 Å². The van der Waals surface area contributed by atoms with Crippen molar-refractivity contribution in [2.24, 2.45) is 0 Å². The number of nitrogens with one attached hydrogen (secondary N) is 1. The first-order chi connectivity index (χ1) is 8.68. The Bertz CT molecular complexity index is 503. The lowest BCUT2D eigenvalue weighted by molar-refractivity contribution is 0.413. The number of likely N-dealkylation sites (N-methyl/N-ethyl adjacent to an activating group) is 1. The number of hydrogen-bond donors (Lipinski definition) is 1. The van der Waals surface area contributed by atoms with Gasteiger partial charge in [0, 0.05) is 12.3 Å². The smallest absolute Gasteiger partial charge is 0.154 e. The molecular formula is C15H25NO2S. The van der Waals surface area contributed by atoms with Crippen LogP contribution in [0.1, 0.15) is 31.9 Å². The highest BCUT2D eigenvalue weighted by molar-refractivity contribution is 7.92. The lowest BCUT2D eigenvalue weighted by atomic mass is 9.95. The Balaban J connectivity index is 2.99. The molecule has 1 aromatic carbocycles. The molecule has 0 aromatic heterocycles. The quantitative estimate of drug-likeness (QED) is 0.871. The Hall–Kier alpha value is -0.870. The van der Waals surface area contributed by atoms with Crippen LogP contribution in [0, 0.1) is 6.92 Å². The highest BCUT2D eigenvalue weighted by Gasteiger charge is 2.38. The average molecular weight is 283 g/mol. The Morgan fingerprint density at radius 3 is 2.16 bits per heavy atom. The van der Waals surface area contributed by atoms with E-state index in [-0.39, 0.29) is 6.04 Å². The van der Waals surface area contributed by atoms with Gasteiger partial charge in [0.2, 0.25) is 0 Å². The van der Waals surface area contributed by atoms with Gasteiger partial charge in [0.05, 0.1) is 4.75 Å².